The van der Waals surface area contributed by atoms with E-state index in [4.69, 9.17) is 24.9 Å². The monoisotopic (exact) mass is 719 g/mol. The molecule has 56 heavy (non-hydrogen) atoms. The molecule has 6 aromatic carbocycles. The first-order chi connectivity index (χ1) is 27.8. The summed E-state index contributed by atoms with van der Waals surface area (Å²) >= 11 is 0. The molecule has 0 spiro atoms. The molecule has 0 bridgehead atoms. The van der Waals surface area contributed by atoms with Crippen LogP contribution in [0.25, 0.3) is 73.0 Å². The maximum atomic E-state index is 5.38. The summed E-state index contributed by atoms with van der Waals surface area (Å²) in [5.74, 6) is 2.47. The van der Waals surface area contributed by atoms with Crippen LogP contribution in [-0.2, 0) is 0 Å². The maximum Gasteiger partial charge on any atom is 0.238 e. The van der Waals surface area contributed by atoms with Crippen LogP contribution in [0.2, 0.25) is 0 Å². The second-order valence-electron chi connectivity index (χ2n) is 14.1. The number of para-hydroxylation sites is 1. The summed E-state index contributed by atoms with van der Waals surface area (Å²) in [6, 6.07) is 56.1. The Morgan fingerprint density at radius 2 is 0.964 bits per heavy atom. The molecule has 3 aromatic heterocycles. The highest BCUT2D eigenvalue weighted by atomic mass is 15.3. The third kappa shape index (κ3) is 5.24. The van der Waals surface area contributed by atoms with Crippen molar-refractivity contribution in [3.63, 3.8) is 0 Å². The van der Waals surface area contributed by atoms with Gasteiger partial charge in [-0.05, 0) is 17.7 Å². The molecule has 0 amide bonds. The summed E-state index contributed by atoms with van der Waals surface area (Å²) in [6.07, 6.45) is 8.85. The van der Waals surface area contributed by atoms with E-state index in [1.54, 1.807) is 0 Å². The molecular weight excluding hydrogens is 687 g/mol. The molecule has 1 aliphatic heterocycles. The van der Waals surface area contributed by atoms with Crippen molar-refractivity contribution in [3.8, 4) is 51.2 Å². The van der Waals surface area contributed by atoms with Gasteiger partial charge in [0.1, 0.15) is 0 Å². The van der Waals surface area contributed by atoms with Crippen LogP contribution in [-0.4, -0.2) is 35.5 Å². The lowest BCUT2D eigenvalue weighted by Gasteiger charge is -2.28. The Morgan fingerprint density at radius 3 is 1.57 bits per heavy atom. The first-order valence-electron chi connectivity index (χ1n) is 18.9. The van der Waals surface area contributed by atoms with Crippen LogP contribution < -0.4 is 4.90 Å². The van der Waals surface area contributed by atoms with E-state index in [1.807, 2.05) is 72.8 Å². The third-order valence-corrected chi connectivity index (χ3v) is 10.8. The summed E-state index contributed by atoms with van der Waals surface area (Å²) in [6.45, 7) is 0. The first-order valence-corrected chi connectivity index (χ1v) is 18.9. The Kier molecular flexibility index (Phi) is 7.48. The zero-order chi connectivity index (χ0) is 37.0. The molecule has 264 valence electrons. The zero-order valence-electron chi connectivity index (χ0n) is 30.2. The van der Waals surface area contributed by atoms with Gasteiger partial charge in [-0.1, -0.05) is 176 Å². The lowest BCUT2D eigenvalue weighted by molar-refractivity contribution is 0.730. The van der Waals surface area contributed by atoms with Crippen molar-refractivity contribution < 1.29 is 0 Å². The number of nitrogens with zero attached hydrogens (tertiary/aromatic N) is 7. The van der Waals surface area contributed by atoms with Crippen molar-refractivity contribution in [2.75, 3.05) is 4.90 Å². The molecule has 2 aliphatic rings. The number of fused-ring (bicyclic) bond motifs is 7. The van der Waals surface area contributed by atoms with Gasteiger partial charge in [0.15, 0.2) is 11.6 Å². The second-order valence-corrected chi connectivity index (χ2v) is 14.1. The molecule has 0 saturated carbocycles. The van der Waals surface area contributed by atoms with Gasteiger partial charge in [0, 0.05) is 38.9 Å². The van der Waals surface area contributed by atoms with Crippen LogP contribution in [0.15, 0.2) is 188 Å². The Bertz CT molecular complexity index is 2860. The van der Waals surface area contributed by atoms with Crippen LogP contribution in [0.4, 0.5) is 11.6 Å². The number of benzene rings is 6. The highest BCUT2D eigenvalue weighted by Gasteiger charge is 2.41. The minimum Gasteiger partial charge on any atom is -0.300 e. The van der Waals surface area contributed by atoms with E-state index in [0.717, 1.165) is 61.1 Å². The number of hydrogen-bond donors (Lipinski definition) is 0. The summed E-state index contributed by atoms with van der Waals surface area (Å²) in [5, 5.41) is 2.21. The number of hydrogen-bond acceptors (Lipinski definition) is 6. The molecule has 9 aromatic rings. The predicted octanol–water partition coefficient (Wildman–Crippen LogP) is 11.2. The Hall–Kier alpha value is -7.51. The number of aromatic nitrogens is 6. The summed E-state index contributed by atoms with van der Waals surface area (Å²) < 4.78 is 2.22. The fourth-order valence-electron chi connectivity index (χ4n) is 8.25. The van der Waals surface area contributed by atoms with Gasteiger partial charge >= 0.3 is 0 Å². The van der Waals surface area contributed by atoms with E-state index >= 15 is 0 Å². The van der Waals surface area contributed by atoms with Gasteiger partial charge in [-0.25, -0.2) is 15.0 Å². The van der Waals surface area contributed by atoms with Gasteiger partial charge in [-0.2, -0.15) is 9.97 Å². The van der Waals surface area contributed by atoms with E-state index in [2.05, 4.69) is 125 Å². The van der Waals surface area contributed by atoms with Gasteiger partial charge in [0.05, 0.1) is 34.2 Å². The minimum atomic E-state index is -0.0557. The molecule has 2 atom stereocenters. The SMILES string of the molecule is C1=CC2c3ccc4c5ccccc5n(-c5nc(-c6ccccc6)nc(-c6ccccc6)n5)c4c3N(c3nc(-c4ccccc4)cc(-c4ccccc4)n3)C2C=C1. The van der Waals surface area contributed by atoms with Gasteiger partial charge in [-0.15, -0.1) is 0 Å². The molecule has 0 fully saturated rings. The van der Waals surface area contributed by atoms with E-state index in [1.165, 1.54) is 5.56 Å². The number of anilines is 2. The lowest BCUT2D eigenvalue weighted by atomic mass is 9.91. The Labute approximate surface area is 323 Å². The van der Waals surface area contributed by atoms with E-state index in [9.17, 15) is 0 Å². The topological polar surface area (TPSA) is 72.6 Å². The maximum absolute atomic E-state index is 5.38. The van der Waals surface area contributed by atoms with Gasteiger partial charge < -0.3 is 4.90 Å². The molecule has 7 nitrogen and oxygen atoms in total. The van der Waals surface area contributed by atoms with Crippen molar-refractivity contribution in [1.29, 1.82) is 0 Å². The fraction of sp³-hybridized carbons (Fsp3) is 0.0408. The summed E-state index contributed by atoms with van der Waals surface area (Å²) in [5.41, 5.74) is 9.86. The molecule has 4 heterocycles. The molecular formula is C49H33N7. The quantitative estimate of drug-likeness (QED) is 0.170. The second kappa shape index (κ2) is 13.1. The zero-order valence-corrected chi connectivity index (χ0v) is 30.2. The predicted molar refractivity (Wildman–Crippen MR) is 225 cm³/mol. The molecule has 11 rings (SSSR count). The van der Waals surface area contributed by atoms with Crippen molar-refractivity contribution >= 4 is 33.4 Å². The molecule has 0 saturated heterocycles. The minimum absolute atomic E-state index is 0.0557. The molecule has 0 N–H and O–H groups in total. The molecule has 2 unspecified atom stereocenters. The van der Waals surface area contributed by atoms with Crippen molar-refractivity contribution in [3.05, 3.63) is 194 Å². The average molecular weight is 720 g/mol. The first kappa shape index (κ1) is 32.0. The normalized spacial score (nSPS) is 15.7. The van der Waals surface area contributed by atoms with Crippen LogP contribution >= 0.6 is 0 Å². The van der Waals surface area contributed by atoms with Crippen molar-refractivity contribution in [2.24, 2.45) is 0 Å². The molecule has 1 aliphatic carbocycles. The van der Waals surface area contributed by atoms with Crippen molar-refractivity contribution in [2.45, 2.75) is 12.0 Å². The van der Waals surface area contributed by atoms with Crippen molar-refractivity contribution in [1.82, 2.24) is 29.5 Å². The molecule has 7 heteroatoms. The fourth-order valence-corrected chi connectivity index (χ4v) is 8.25. The van der Waals surface area contributed by atoms with E-state index < -0.39 is 0 Å². The molecule has 0 radical (unpaired) electrons. The van der Waals surface area contributed by atoms with E-state index in [0.29, 0.717) is 23.5 Å². The van der Waals surface area contributed by atoms with Gasteiger partial charge in [0.2, 0.25) is 11.9 Å². The van der Waals surface area contributed by atoms with Crippen LogP contribution in [0.3, 0.4) is 0 Å². The lowest BCUT2D eigenvalue weighted by Crippen LogP contribution is -2.30. The average Bonchev–Trinajstić information content (AvgIpc) is 3.81. The van der Waals surface area contributed by atoms with Crippen LogP contribution in [0, 0.1) is 0 Å². The van der Waals surface area contributed by atoms with Gasteiger partial charge in [0.25, 0.3) is 0 Å². The van der Waals surface area contributed by atoms with Gasteiger partial charge in [-0.3, -0.25) is 4.57 Å². The highest BCUT2D eigenvalue weighted by Crippen LogP contribution is 2.52. The highest BCUT2D eigenvalue weighted by molar-refractivity contribution is 6.14. The standard InChI is InChI=1S/C49H33N7/c1-5-17-32(18-6-1)40-31-41(33-19-7-2-8-20-33)51-48(50-40)55-42-27-15-13-25-36(42)38-29-30-39-37-26-14-16-28-43(37)56(45(39)44(38)55)49-53-46(34-21-9-3-10-22-34)52-47(54-49)35-23-11-4-12-24-35/h1-31,36,42H. The Balaban J connectivity index is 1.23. The van der Waals surface area contributed by atoms with Crippen LogP contribution in [0.5, 0.6) is 0 Å². The number of rotatable bonds is 6. The smallest absolute Gasteiger partial charge is 0.238 e. The largest absolute Gasteiger partial charge is 0.300 e. The van der Waals surface area contributed by atoms with E-state index in [-0.39, 0.29) is 12.0 Å². The summed E-state index contributed by atoms with van der Waals surface area (Å²) in [4.78, 5) is 28.6. The van der Waals surface area contributed by atoms with Crippen LogP contribution in [0.1, 0.15) is 11.5 Å². The number of allylic oxidation sites excluding steroid dienone is 2. The Morgan fingerprint density at radius 1 is 0.429 bits per heavy atom. The third-order valence-electron chi connectivity index (χ3n) is 10.8. The summed E-state index contributed by atoms with van der Waals surface area (Å²) in [7, 11) is 0.